The van der Waals surface area contributed by atoms with Gasteiger partial charge in [0.1, 0.15) is 5.60 Å². The van der Waals surface area contributed by atoms with Crippen LogP contribution in [0.25, 0.3) is 0 Å². The number of hydrogen-bond donors (Lipinski definition) is 2. The fourth-order valence-corrected chi connectivity index (χ4v) is 2.30. The molecule has 1 saturated heterocycles. The molecule has 2 N–H and O–H groups in total. The lowest BCUT2D eigenvalue weighted by Crippen LogP contribution is -2.47. The van der Waals surface area contributed by atoms with Crippen LogP contribution in [0.15, 0.2) is 0 Å². The minimum absolute atomic E-state index is 0.00833. The zero-order valence-electron chi connectivity index (χ0n) is 11.4. The maximum Gasteiger partial charge on any atom is 0.106 e. The first kappa shape index (κ1) is 14.9. The van der Waals surface area contributed by atoms with Crippen molar-refractivity contribution in [3.8, 4) is 0 Å². The molecule has 0 aromatic carbocycles. The van der Waals surface area contributed by atoms with Gasteiger partial charge in [0.05, 0.1) is 6.61 Å². The van der Waals surface area contributed by atoms with E-state index in [9.17, 15) is 5.11 Å². The summed E-state index contributed by atoms with van der Waals surface area (Å²) in [5.41, 5.74) is -0.156. The Morgan fingerprint density at radius 2 is 2.12 bits per heavy atom. The van der Waals surface area contributed by atoms with E-state index in [1.807, 2.05) is 0 Å². The van der Waals surface area contributed by atoms with Crippen molar-refractivity contribution in [2.75, 3.05) is 40.0 Å². The Hall–Kier alpha value is -0.160. The van der Waals surface area contributed by atoms with E-state index in [2.05, 4.69) is 19.2 Å². The molecule has 0 aliphatic carbocycles. The highest BCUT2D eigenvalue weighted by atomic mass is 16.5. The molecule has 0 radical (unpaired) electrons. The van der Waals surface area contributed by atoms with Crippen molar-refractivity contribution in [2.45, 2.75) is 38.7 Å². The van der Waals surface area contributed by atoms with Crippen molar-refractivity contribution in [3.05, 3.63) is 0 Å². The van der Waals surface area contributed by atoms with E-state index in [0.29, 0.717) is 6.61 Å². The Labute approximate surface area is 105 Å². The highest BCUT2D eigenvalue weighted by molar-refractivity contribution is 4.88. The van der Waals surface area contributed by atoms with Gasteiger partial charge in [-0.2, -0.15) is 0 Å². The van der Waals surface area contributed by atoms with Gasteiger partial charge in [-0.15, -0.1) is 0 Å². The molecule has 0 aromatic heterocycles. The van der Waals surface area contributed by atoms with Gasteiger partial charge in [-0.3, -0.25) is 0 Å². The number of aliphatic hydroxyl groups is 1. The Kier molecular flexibility index (Phi) is 5.86. The van der Waals surface area contributed by atoms with Crippen molar-refractivity contribution in [1.29, 1.82) is 0 Å². The Morgan fingerprint density at radius 1 is 1.41 bits per heavy atom. The van der Waals surface area contributed by atoms with Crippen LogP contribution in [0.2, 0.25) is 0 Å². The number of methoxy groups -OCH3 is 1. The van der Waals surface area contributed by atoms with E-state index < -0.39 is 0 Å². The lowest BCUT2D eigenvalue weighted by molar-refractivity contribution is -0.0187. The molecule has 1 heterocycles. The van der Waals surface area contributed by atoms with E-state index in [4.69, 9.17) is 9.47 Å². The summed E-state index contributed by atoms with van der Waals surface area (Å²) in [7, 11) is 1.75. The van der Waals surface area contributed by atoms with Crippen molar-refractivity contribution in [2.24, 2.45) is 5.41 Å². The predicted molar refractivity (Wildman–Crippen MR) is 68.1 cm³/mol. The summed E-state index contributed by atoms with van der Waals surface area (Å²) < 4.78 is 11.0. The average Bonchev–Trinajstić information content (AvgIpc) is 2.85. The summed E-state index contributed by atoms with van der Waals surface area (Å²) >= 11 is 0. The van der Waals surface area contributed by atoms with Crippen LogP contribution >= 0.6 is 0 Å². The molecule has 1 aliphatic rings. The predicted octanol–water partition coefficient (Wildman–Crippen LogP) is 1.18. The summed E-state index contributed by atoms with van der Waals surface area (Å²) in [6.45, 7) is 7.58. The molecule has 1 fully saturated rings. The molecule has 4 nitrogen and oxygen atoms in total. The van der Waals surface area contributed by atoms with Crippen LogP contribution in [-0.2, 0) is 9.47 Å². The van der Waals surface area contributed by atoms with Gasteiger partial charge in [0, 0.05) is 45.2 Å². The van der Waals surface area contributed by atoms with Crippen molar-refractivity contribution in [3.63, 3.8) is 0 Å². The van der Waals surface area contributed by atoms with Gasteiger partial charge in [0.25, 0.3) is 0 Å². The van der Waals surface area contributed by atoms with E-state index in [1.165, 1.54) is 0 Å². The summed E-state index contributed by atoms with van der Waals surface area (Å²) in [6.07, 6.45) is 2.92. The standard InChI is InChI=1S/C13H27NO3/c1-4-12(5-2,10-15)8-14-9-13(16-3)6-7-17-11-13/h14-15H,4-11H2,1-3H3. The molecule has 0 aromatic rings. The van der Waals surface area contributed by atoms with Gasteiger partial charge in [-0.05, 0) is 12.8 Å². The fraction of sp³-hybridized carbons (Fsp3) is 1.00. The average molecular weight is 245 g/mol. The van der Waals surface area contributed by atoms with E-state index in [1.54, 1.807) is 7.11 Å². The second kappa shape index (κ2) is 6.69. The fourth-order valence-electron chi connectivity index (χ4n) is 2.30. The molecule has 0 saturated carbocycles. The van der Waals surface area contributed by atoms with Gasteiger partial charge < -0.3 is 19.9 Å². The normalized spacial score (nSPS) is 25.4. The van der Waals surface area contributed by atoms with Gasteiger partial charge in [-0.25, -0.2) is 0 Å². The first-order valence-electron chi connectivity index (χ1n) is 6.60. The molecule has 1 aliphatic heterocycles. The van der Waals surface area contributed by atoms with Gasteiger partial charge in [-0.1, -0.05) is 13.8 Å². The monoisotopic (exact) mass is 245 g/mol. The van der Waals surface area contributed by atoms with Crippen LogP contribution < -0.4 is 5.32 Å². The Bertz CT molecular complexity index is 194. The Morgan fingerprint density at radius 3 is 2.53 bits per heavy atom. The van der Waals surface area contributed by atoms with E-state index in [-0.39, 0.29) is 17.6 Å². The molecule has 0 bridgehead atoms. The number of ether oxygens (including phenoxy) is 2. The number of rotatable bonds is 8. The van der Waals surface area contributed by atoms with E-state index in [0.717, 1.165) is 39.0 Å². The second-order valence-corrected chi connectivity index (χ2v) is 5.16. The van der Waals surface area contributed by atoms with Crippen LogP contribution in [0.1, 0.15) is 33.1 Å². The highest BCUT2D eigenvalue weighted by Gasteiger charge is 2.35. The number of nitrogens with one attached hydrogen (secondary N) is 1. The third-order valence-electron chi connectivity index (χ3n) is 4.28. The molecule has 1 rings (SSSR count). The third-order valence-corrected chi connectivity index (χ3v) is 4.28. The quantitative estimate of drug-likeness (QED) is 0.674. The van der Waals surface area contributed by atoms with Crippen molar-refractivity contribution in [1.82, 2.24) is 5.32 Å². The largest absolute Gasteiger partial charge is 0.396 e. The maximum absolute atomic E-state index is 9.49. The molecular weight excluding hydrogens is 218 g/mol. The lowest BCUT2D eigenvalue weighted by Gasteiger charge is -2.32. The summed E-state index contributed by atoms with van der Waals surface area (Å²) in [5, 5.41) is 12.9. The molecule has 1 unspecified atom stereocenters. The zero-order chi connectivity index (χ0) is 12.8. The molecule has 102 valence electrons. The van der Waals surface area contributed by atoms with Crippen molar-refractivity contribution < 1.29 is 14.6 Å². The molecule has 17 heavy (non-hydrogen) atoms. The second-order valence-electron chi connectivity index (χ2n) is 5.16. The minimum atomic E-state index is -0.164. The topological polar surface area (TPSA) is 50.7 Å². The molecule has 0 spiro atoms. The summed E-state index contributed by atoms with van der Waals surface area (Å²) in [4.78, 5) is 0. The summed E-state index contributed by atoms with van der Waals surface area (Å²) in [5.74, 6) is 0. The minimum Gasteiger partial charge on any atom is -0.396 e. The van der Waals surface area contributed by atoms with Crippen LogP contribution in [0.3, 0.4) is 0 Å². The lowest BCUT2D eigenvalue weighted by atomic mass is 9.83. The van der Waals surface area contributed by atoms with Crippen LogP contribution in [0, 0.1) is 5.41 Å². The van der Waals surface area contributed by atoms with Crippen LogP contribution in [-0.4, -0.2) is 50.7 Å². The smallest absolute Gasteiger partial charge is 0.106 e. The van der Waals surface area contributed by atoms with Crippen LogP contribution in [0.4, 0.5) is 0 Å². The zero-order valence-corrected chi connectivity index (χ0v) is 11.4. The SMILES string of the molecule is CCC(CC)(CO)CNCC1(OC)CCOC1. The Balaban J connectivity index is 2.39. The molecule has 4 heteroatoms. The van der Waals surface area contributed by atoms with Gasteiger partial charge in [0.15, 0.2) is 0 Å². The number of hydrogen-bond acceptors (Lipinski definition) is 4. The molecule has 0 amide bonds. The summed E-state index contributed by atoms with van der Waals surface area (Å²) in [6, 6.07) is 0. The highest BCUT2D eigenvalue weighted by Crippen LogP contribution is 2.26. The third kappa shape index (κ3) is 3.65. The van der Waals surface area contributed by atoms with Crippen LogP contribution in [0.5, 0.6) is 0 Å². The van der Waals surface area contributed by atoms with Gasteiger partial charge in [0.2, 0.25) is 0 Å². The molecule has 1 atom stereocenters. The first-order valence-corrected chi connectivity index (χ1v) is 6.60. The number of aliphatic hydroxyl groups excluding tert-OH is 1. The van der Waals surface area contributed by atoms with Crippen molar-refractivity contribution >= 4 is 0 Å². The van der Waals surface area contributed by atoms with Gasteiger partial charge >= 0.3 is 0 Å². The first-order chi connectivity index (χ1) is 8.16. The molecular formula is C13H27NO3. The van der Waals surface area contributed by atoms with E-state index >= 15 is 0 Å². The maximum atomic E-state index is 9.49.